The van der Waals surface area contributed by atoms with Gasteiger partial charge >= 0.3 is 17.9 Å². The van der Waals surface area contributed by atoms with Crippen molar-refractivity contribution < 1.29 is 68.7 Å². The van der Waals surface area contributed by atoms with E-state index in [1.54, 1.807) is 12.1 Å². The molecule has 0 aromatic heterocycles. The number of benzene rings is 1. The molecule has 3 rings (SSSR count). The highest BCUT2D eigenvalue weighted by Crippen LogP contribution is 2.36. The van der Waals surface area contributed by atoms with E-state index in [9.17, 15) is 45.0 Å². The van der Waals surface area contributed by atoms with Crippen molar-refractivity contribution in [1.82, 2.24) is 0 Å². The van der Waals surface area contributed by atoms with Crippen LogP contribution in [0.4, 0.5) is 0 Å². The lowest BCUT2D eigenvalue weighted by Gasteiger charge is -2.41. The van der Waals surface area contributed by atoms with Crippen molar-refractivity contribution in [2.75, 3.05) is 20.3 Å². The van der Waals surface area contributed by atoms with Crippen LogP contribution in [0.25, 0.3) is 0 Å². The van der Waals surface area contributed by atoms with Crippen LogP contribution in [0, 0.1) is 5.92 Å². The molecular formula is C25H30O14. The fourth-order valence-electron chi connectivity index (χ4n) is 4.07. The van der Waals surface area contributed by atoms with Gasteiger partial charge in [-0.3, -0.25) is 4.79 Å². The van der Waals surface area contributed by atoms with Crippen LogP contribution in [0.1, 0.15) is 12.0 Å². The zero-order valence-corrected chi connectivity index (χ0v) is 20.8. The summed E-state index contributed by atoms with van der Waals surface area (Å²) in [6, 6.07) is 6.25. The van der Waals surface area contributed by atoms with Gasteiger partial charge in [0.1, 0.15) is 30.2 Å². The SMILES string of the molecule is COC(=O)C1=CO[C@@H](O[C@@H]2O[C@H](CO)[C@@H](O)[C@H](O)[C@H]2O)/C(=C\C(=O)O)C1CC(=O)OCCc1ccc(O)cc1. The number of methoxy groups -OCH3 is 1. The maximum absolute atomic E-state index is 12.7. The van der Waals surface area contributed by atoms with Gasteiger partial charge in [0.25, 0.3) is 0 Å². The number of hydrogen-bond donors (Lipinski definition) is 6. The van der Waals surface area contributed by atoms with Gasteiger partial charge in [-0.05, 0) is 17.7 Å². The number of aliphatic hydroxyl groups is 4. The Hall–Kier alpha value is -3.53. The van der Waals surface area contributed by atoms with E-state index in [-0.39, 0.29) is 23.5 Å². The number of carbonyl (C=O) groups is 3. The molecule has 0 saturated carbocycles. The summed E-state index contributed by atoms with van der Waals surface area (Å²) in [5, 5.41) is 58.6. The highest BCUT2D eigenvalue weighted by molar-refractivity contribution is 5.91. The molecule has 7 atom stereocenters. The molecule has 1 aromatic carbocycles. The summed E-state index contributed by atoms with van der Waals surface area (Å²) in [6.45, 7) is -0.786. The van der Waals surface area contributed by atoms with E-state index in [1.807, 2.05) is 0 Å². The average Bonchev–Trinajstić information content (AvgIpc) is 2.91. The molecule has 0 spiro atoms. The first-order valence-electron chi connectivity index (χ1n) is 11.8. The van der Waals surface area contributed by atoms with Crippen LogP contribution in [0.2, 0.25) is 0 Å². The van der Waals surface area contributed by atoms with Crippen molar-refractivity contribution in [3.8, 4) is 5.75 Å². The quantitative estimate of drug-likeness (QED) is 0.147. The molecule has 0 bridgehead atoms. The molecule has 14 heteroatoms. The fraction of sp³-hybridized carbons (Fsp3) is 0.480. The zero-order chi connectivity index (χ0) is 28.7. The highest BCUT2D eigenvalue weighted by atomic mass is 16.8. The average molecular weight is 555 g/mol. The minimum Gasteiger partial charge on any atom is -0.508 e. The molecular weight excluding hydrogens is 524 g/mol. The van der Waals surface area contributed by atoms with Gasteiger partial charge < -0.3 is 54.3 Å². The van der Waals surface area contributed by atoms with Crippen molar-refractivity contribution in [2.45, 2.75) is 49.8 Å². The molecule has 214 valence electrons. The number of aliphatic carboxylic acids is 1. The van der Waals surface area contributed by atoms with Crippen LogP contribution in [-0.2, 0) is 44.5 Å². The Kier molecular flexibility index (Phi) is 10.4. The lowest BCUT2D eigenvalue weighted by atomic mass is 9.86. The molecule has 1 fully saturated rings. The smallest absolute Gasteiger partial charge is 0.337 e. The summed E-state index contributed by atoms with van der Waals surface area (Å²) >= 11 is 0. The minimum absolute atomic E-state index is 0.0487. The Morgan fingerprint density at radius 3 is 2.36 bits per heavy atom. The highest BCUT2D eigenvalue weighted by Gasteiger charge is 2.47. The molecule has 1 aromatic rings. The van der Waals surface area contributed by atoms with Gasteiger partial charge in [-0.1, -0.05) is 12.1 Å². The molecule has 14 nitrogen and oxygen atoms in total. The van der Waals surface area contributed by atoms with E-state index in [0.29, 0.717) is 12.5 Å². The van der Waals surface area contributed by atoms with Crippen LogP contribution < -0.4 is 0 Å². The van der Waals surface area contributed by atoms with Gasteiger partial charge in [0.05, 0.1) is 38.6 Å². The second-order valence-electron chi connectivity index (χ2n) is 8.74. The number of aliphatic hydroxyl groups excluding tert-OH is 4. The van der Waals surface area contributed by atoms with Gasteiger partial charge in [0.15, 0.2) is 6.29 Å². The summed E-state index contributed by atoms with van der Waals surface area (Å²) in [5.41, 5.74) is 0.327. The third-order valence-electron chi connectivity index (χ3n) is 6.15. The topological polar surface area (TPSA) is 219 Å². The predicted octanol–water partition coefficient (Wildman–Crippen LogP) is -1.28. The number of hydrogen-bond acceptors (Lipinski definition) is 13. The van der Waals surface area contributed by atoms with Crippen molar-refractivity contribution in [2.24, 2.45) is 5.92 Å². The molecule has 0 aliphatic carbocycles. The number of esters is 2. The van der Waals surface area contributed by atoms with Crippen LogP contribution >= 0.6 is 0 Å². The van der Waals surface area contributed by atoms with E-state index in [4.69, 9.17) is 23.7 Å². The number of carboxylic acid groups (broad SMARTS) is 1. The Bertz CT molecular complexity index is 1080. The zero-order valence-electron chi connectivity index (χ0n) is 20.8. The van der Waals surface area contributed by atoms with E-state index in [0.717, 1.165) is 18.9 Å². The second-order valence-corrected chi connectivity index (χ2v) is 8.74. The van der Waals surface area contributed by atoms with Gasteiger partial charge in [0.2, 0.25) is 6.29 Å². The van der Waals surface area contributed by atoms with Crippen molar-refractivity contribution in [1.29, 1.82) is 0 Å². The van der Waals surface area contributed by atoms with Crippen LogP contribution in [0.15, 0.2) is 47.7 Å². The number of aromatic hydroxyl groups is 1. The number of ether oxygens (including phenoxy) is 5. The molecule has 6 N–H and O–H groups in total. The molecule has 0 amide bonds. The lowest BCUT2D eigenvalue weighted by Crippen LogP contribution is -2.60. The fourth-order valence-corrected chi connectivity index (χ4v) is 4.07. The molecule has 2 heterocycles. The summed E-state index contributed by atoms with van der Waals surface area (Å²) < 4.78 is 26.2. The number of rotatable bonds is 10. The first kappa shape index (κ1) is 30.0. The first-order valence-corrected chi connectivity index (χ1v) is 11.8. The van der Waals surface area contributed by atoms with Crippen molar-refractivity contribution in [3.63, 3.8) is 0 Å². The van der Waals surface area contributed by atoms with Crippen LogP contribution in [0.3, 0.4) is 0 Å². The maximum Gasteiger partial charge on any atom is 0.337 e. The van der Waals surface area contributed by atoms with Gasteiger partial charge in [-0.2, -0.15) is 0 Å². The van der Waals surface area contributed by atoms with E-state index in [1.165, 1.54) is 12.1 Å². The predicted molar refractivity (Wildman–Crippen MR) is 126 cm³/mol. The monoisotopic (exact) mass is 554 g/mol. The molecule has 2 aliphatic heterocycles. The number of carboxylic acids is 1. The van der Waals surface area contributed by atoms with Crippen LogP contribution in [-0.4, -0.2) is 106 Å². The lowest BCUT2D eigenvalue weighted by molar-refractivity contribution is -0.327. The van der Waals surface area contributed by atoms with E-state index >= 15 is 0 Å². The molecule has 0 radical (unpaired) electrons. The summed E-state index contributed by atoms with van der Waals surface area (Å²) in [6.07, 6.45) is -8.56. The van der Waals surface area contributed by atoms with Crippen LogP contribution in [0.5, 0.6) is 5.75 Å². The summed E-state index contributed by atoms with van der Waals surface area (Å²) in [7, 11) is 1.08. The van der Waals surface area contributed by atoms with Crippen molar-refractivity contribution >= 4 is 17.9 Å². The Morgan fingerprint density at radius 1 is 1.05 bits per heavy atom. The number of phenolic OH excluding ortho intramolecular Hbond substituents is 1. The van der Waals surface area contributed by atoms with E-state index in [2.05, 4.69) is 0 Å². The van der Waals surface area contributed by atoms with Gasteiger partial charge in [-0.25, -0.2) is 9.59 Å². The molecule has 2 aliphatic rings. The second kappa shape index (κ2) is 13.5. The largest absolute Gasteiger partial charge is 0.508 e. The van der Waals surface area contributed by atoms with Crippen molar-refractivity contribution in [3.05, 3.63) is 53.3 Å². The van der Waals surface area contributed by atoms with Gasteiger partial charge in [0, 0.05) is 24.0 Å². The van der Waals surface area contributed by atoms with E-state index < -0.39 is 73.8 Å². The third-order valence-corrected chi connectivity index (χ3v) is 6.15. The standard InChI is InChI=1S/C25H30O14/c1-35-23(34)16-11-37-24(39-25-22(33)21(32)20(31)17(10-26)38-25)15(8-18(28)29)14(16)9-19(30)36-7-6-12-2-4-13(27)5-3-12/h2-5,8,11,14,17,20-22,24-27,31-33H,6-7,9-10H2,1H3,(H,28,29)/b15-8-/t14?,17-,20-,21+,22-,24+,25+/m1/s1. The Balaban J connectivity index is 1.80. The third kappa shape index (κ3) is 7.53. The molecule has 1 saturated heterocycles. The Morgan fingerprint density at radius 2 is 1.74 bits per heavy atom. The van der Waals surface area contributed by atoms with Gasteiger partial charge in [-0.15, -0.1) is 0 Å². The molecule has 39 heavy (non-hydrogen) atoms. The maximum atomic E-state index is 12.7. The first-order chi connectivity index (χ1) is 18.5. The normalized spacial score (nSPS) is 29.7. The number of phenols is 1. The summed E-state index contributed by atoms with van der Waals surface area (Å²) in [4.78, 5) is 36.8. The molecule has 1 unspecified atom stereocenters. The Labute approximate surface area is 222 Å². The minimum atomic E-state index is -1.83. The number of carbonyl (C=O) groups excluding carboxylic acids is 2. The summed E-state index contributed by atoms with van der Waals surface area (Å²) in [5.74, 6) is -4.36.